The highest BCUT2D eigenvalue weighted by Crippen LogP contribution is 2.19. The van der Waals surface area contributed by atoms with Gasteiger partial charge in [0.2, 0.25) is 5.88 Å². The number of ether oxygens (including phenoxy) is 1. The Labute approximate surface area is 173 Å². The van der Waals surface area contributed by atoms with E-state index >= 15 is 0 Å². The van der Waals surface area contributed by atoms with Crippen LogP contribution in [0.3, 0.4) is 0 Å². The maximum Gasteiger partial charge on any atom is 0.344 e. The highest BCUT2D eigenvalue weighted by molar-refractivity contribution is 5.90. The van der Waals surface area contributed by atoms with Gasteiger partial charge in [-0.25, -0.2) is 14.8 Å². The Balaban J connectivity index is 1.60. The molecule has 4 nitrogen and oxygen atoms in total. The number of aromatic nitrogens is 2. The highest BCUT2D eigenvalue weighted by Gasteiger charge is 2.10. The molecule has 0 aliphatic carbocycles. The van der Waals surface area contributed by atoms with E-state index in [-0.39, 0.29) is 5.88 Å². The van der Waals surface area contributed by atoms with Crippen molar-refractivity contribution in [2.24, 2.45) is 0 Å². The average molecular weight is 389 g/mol. The molecule has 1 aromatic heterocycles. The first-order valence-corrected chi connectivity index (χ1v) is 10.4. The second-order valence-corrected chi connectivity index (χ2v) is 7.23. The monoisotopic (exact) mass is 388 g/mol. The fourth-order valence-electron chi connectivity index (χ4n) is 3.08. The summed E-state index contributed by atoms with van der Waals surface area (Å²) >= 11 is 0. The molecule has 0 spiro atoms. The highest BCUT2D eigenvalue weighted by atomic mass is 16.5. The van der Waals surface area contributed by atoms with Crippen molar-refractivity contribution in [2.45, 2.75) is 52.4 Å². The van der Waals surface area contributed by atoms with Crippen molar-refractivity contribution in [1.29, 1.82) is 0 Å². The molecular weight excluding hydrogens is 360 g/mol. The third-order valence-electron chi connectivity index (χ3n) is 4.90. The zero-order chi connectivity index (χ0) is 20.5. The molecule has 0 saturated heterocycles. The van der Waals surface area contributed by atoms with Gasteiger partial charge in [-0.2, -0.15) is 0 Å². The summed E-state index contributed by atoms with van der Waals surface area (Å²) in [6.45, 7) is 4.36. The predicted molar refractivity (Wildman–Crippen MR) is 116 cm³/mol. The molecule has 1 heterocycles. The number of carbonyl (C=O) groups is 1. The van der Waals surface area contributed by atoms with Crippen molar-refractivity contribution in [3.05, 3.63) is 77.6 Å². The van der Waals surface area contributed by atoms with E-state index in [4.69, 9.17) is 4.74 Å². The van der Waals surface area contributed by atoms with Crippen LogP contribution < -0.4 is 4.74 Å². The number of carbonyl (C=O) groups excluding carboxylic acids is 1. The molecule has 0 aliphatic heterocycles. The number of rotatable bonds is 9. The first kappa shape index (κ1) is 20.7. The van der Waals surface area contributed by atoms with E-state index in [0.717, 1.165) is 36.9 Å². The summed E-state index contributed by atoms with van der Waals surface area (Å²) in [5.74, 6) is -0.220. The summed E-state index contributed by atoms with van der Waals surface area (Å²) in [4.78, 5) is 21.0. The largest absolute Gasteiger partial charge is 0.402 e. The summed E-state index contributed by atoms with van der Waals surface area (Å²) in [5.41, 5.74) is 4.83. The Kier molecular flexibility index (Phi) is 7.51. The van der Waals surface area contributed by atoms with Crippen molar-refractivity contribution in [2.75, 3.05) is 0 Å². The van der Waals surface area contributed by atoms with Gasteiger partial charge in [-0.1, -0.05) is 63.1 Å². The Bertz CT molecular complexity index is 901. The summed E-state index contributed by atoms with van der Waals surface area (Å²) in [6, 6.07) is 15.9. The van der Waals surface area contributed by atoms with Gasteiger partial charge in [0, 0.05) is 5.56 Å². The molecule has 0 saturated carbocycles. The van der Waals surface area contributed by atoms with Crippen LogP contribution in [-0.2, 0) is 12.8 Å². The van der Waals surface area contributed by atoms with Gasteiger partial charge < -0.3 is 4.74 Å². The molecule has 0 fully saturated rings. The van der Waals surface area contributed by atoms with Gasteiger partial charge in [0.1, 0.15) is 0 Å². The minimum Gasteiger partial charge on any atom is -0.402 e. The van der Waals surface area contributed by atoms with Crippen molar-refractivity contribution in [3.8, 4) is 17.1 Å². The normalized spacial score (nSPS) is 10.7. The standard InChI is InChI=1S/C25H28N2O2/c1-3-5-7-19-9-13-21(14-10-19)23-17-27-24(18-26-23)29-25(28)22-15-11-20(12-16-22)8-6-4-2/h9-18H,3-8H2,1-2H3. The number of hydrogen-bond donors (Lipinski definition) is 0. The molecule has 0 radical (unpaired) electrons. The molecule has 2 aromatic carbocycles. The Morgan fingerprint density at radius 1 is 0.793 bits per heavy atom. The first-order valence-electron chi connectivity index (χ1n) is 10.4. The maximum atomic E-state index is 12.3. The molecule has 0 bridgehead atoms. The smallest absolute Gasteiger partial charge is 0.344 e. The van der Waals surface area contributed by atoms with E-state index in [1.165, 1.54) is 30.2 Å². The summed E-state index contributed by atoms with van der Waals surface area (Å²) in [7, 11) is 0. The number of hydrogen-bond acceptors (Lipinski definition) is 4. The summed E-state index contributed by atoms with van der Waals surface area (Å²) < 4.78 is 5.36. The van der Waals surface area contributed by atoms with Gasteiger partial charge in [-0.15, -0.1) is 0 Å². The lowest BCUT2D eigenvalue weighted by molar-refractivity contribution is 0.0727. The van der Waals surface area contributed by atoms with Crippen LogP contribution in [0, 0.1) is 0 Å². The number of esters is 1. The molecule has 3 rings (SSSR count). The van der Waals surface area contributed by atoms with Crippen LogP contribution in [0.25, 0.3) is 11.3 Å². The van der Waals surface area contributed by atoms with Crippen LogP contribution in [0.15, 0.2) is 60.9 Å². The zero-order valence-corrected chi connectivity index (χ0v) is 17.2. The van der Waals surface area contributed by atoms with Crippen LogP contribution in [0.5, 0.6) is 5.88 Å². The van der Waals surface area contributed by atoms with Crippen LogP contribution in [0.4, 0.5) is 0 Å². The topological polar surface area (TPSA) is 52.1 Å². The van der Waals surface area contributed by atoms with E-state index < -0.39 is 5.97 Å². The summed E-state index contributed by atoms with van der Waals surface area (Å²) in [5, 5.41) is 0. The van der Waals surface area contributed by atoms with Gasteiger partial charge in [0.05, 0.1) is 23.7 Å². The lowest BCUT2D eigenvalue weighted by Gasteiger charge is -2.06. The molecule has 29 heavy (non-hydrogen) atoms. The van der Waals surface area contributed by atoms with Crippen LogP contribution in [0.2, 0.25) is 0 Å². The molecule has 0 amide bonds. The van der Waals surface area contributed by atoms with Gasteiger partial charge in [0.25, 0.3) is 0 Å². The number of aryl methyl sites for hydroxylation is 2. The van der Waals surface area contributed by atoms with Gasteiger partial charge in [-0.3, -0.25) is 0 Å². The van der Waals surface area contributed by atoms with Gasteiger partial charge >= 0.3 is 5.97 Å². The lowest BCUT2D eigenvalue weighted by atomic mass is 10.1. The third kappa shape index (κ3) is 5.98. The van der Waals surface area contributed by atoms with Crippen molar-refractivity contribution in [3.63, 3.8) is 0 Å². The Hall–Kier alpha value is -3.01. The molecule has 3 aromatic rings. The van der Waals surface area contributed by atoms with Gasteiger partial charge in [-0.05, 0) is 48.9 Å². The second-order valence-electron chi connectivity index (χ2n) is 7.23. The van der Waals surface area contributed by atoms with Crippen molar-refractivity contribution >= 4 is 5.97 Å². The van der Waals surface area contributed by atoms with E-state index in [9.17, 15) is 4.79 Å². The Morgan fingerprint density at radius 2 is 1.38 bits per heavy atom. The third-order valence-corrected chi connectivity index (χ3v) is 4.90. The molecule has 0 unspecified atom stereocenters. The summed E-state index contributed by atoms with van der Waals surface area (Å²) in [6.07, 6.45) is 9.94. The number of benzene rings is 2. The predicted octanol–water partition coefficient (Wildman–Crippen LogP) is 6.05. The van der Waals surface area contributed by atoms with Crippen molar-refractivity contribution in [1.82, 2.24) is 9.97 Å². The Morgan fingerprint density at radius 3 is 1.90 bits per heavy atom. The molecule has 0 atom stereocenters. The lowest BCUT2D eigenvalue weighted by Crippen LogP contribution is -2.09. The molecular formula is C25H28N2O2. The first-order chi connectivity index (χ1) is 14.2. The molecule has 150 valence electrons. The average Bonchev–Trinajstić information content (AvgIpc) is 2.77. The molecule has 0 aliphatic rings. The van der Waals surface area contributed by atoms with E-state index in [0.29, 0.717) is 5.56 Å². The number of nitrogens with zero attached hydrogens (tertiary/aromatic N) is 2. The fraction of sp³-hybridized carbons (Fsp3) is 0.320. The SMILES string of the molecule is CCCCc1ccc(C(=O)Oc2cnc(-c3ccc(CCCC)cc3)cn2)cc1. The van der Waals surface area contributed by atoms with E-state index in [1.54, 1.807) is 18.3 Å². The minimum atomic E-state index is -0.422. The van der Waals surface area contributed by atoms with E-state index in [1.807, 2.05) is 12.1 Å². The van der Waals surface area contributed by atoms with Crippen LogP contribution in [0.1, 0.15) is 61.0 Å². The molecule has 0 N–H and O–H groups in total. The second kappa shape index (κ2) is 10.5. The molecule has 4 heteroatoms. The minimum absolute atomic E-state index is 0.202. The van der Waals surface area contributed by atoms with Crippen LogP contribution in [-0.4, -0.2) is 15.9 Å². The van der Waals surface area contributed by atoms with Crippen LogP contribution >= 0.6 is 0 Å². The van der Waals surface area contributed by atoms with Gasteiger partial charge in [0.15, 0.2) is 0 Å². The zero-order valence-electron chi connectivity index (χ0n) is 17.2. The number of unbranched alkanes of at least 4 members (excludes halogenated alkanes) is 2. The van der Waals surface area contributed by atoms with Crippen molar-refractivity contribution < 1.29 is 9.53 Å². The quantitative estimate of drug-likeness (QED) is 0.419. The fourth-order valence-corrected chi connectivity index (χ4v) is 3.08. The maximum absolute atomic E-state index is 12.3. The van der Waals surface area contributed by atoms with E-state index in [2.05, 4.69) is 48.1 Å².